The SMILES string of the molecule is COC(=O)C1Oc2c(c(=O)oc3ccccc23)C1c1ccc(O)cc1. The molecule has 6 heteroatoms. The van der Waals surface area contributed by atoms with Crippen LogP contribution < -0.4 is 10.4 Å². The lowest BCUT2D eigenvalue weighted by molar-refractivity contribution is -0.148. The normalized spacial score (nSPS) is 18.6. The predicted molar refractivity (Wildman–Crippen MR) is 88.9 cm³/mol. The lowest BCUT2D eigenvalue weighted by Gasteiger charge is -2.16. The average molecular weight is 338 g/mol. The first-order chi connectivity index (χ1) is 12.1. The second-order valence-corrected chi connectivity index (χ2v) is 5.76. The van der Waals surface area contributed by atoms with Gasteiger partial charge in [0.1, 0.15) is 17.1 Å². The topological polar surface area (TPSA) is 86.0 Å². The first-order valence-electron chi connectivity index (χ1n) is 7.69. The van der Waals surface area contributed by atoms with Gasteiger partial charge in [0.05, 0.1) is 24.0 Å². The zero-order valence-electron chi connectivity index (χ0n) is 13.3. The Bertz CT molecular complexity index is 1020. The molecule has 3 aromatic rings. The third kappa shape index (κ3) is 2.34. The number of phenolic OH excluding ortho intramolecular Hbond substituents is 1. The van der Waals surface area contributed by atoms with E-state index in [1.165, 1.54) is 19.2 Å². The van der Waals surface area contributed by atoms with Crippen molar-refractivity contribution in [1.82, 2.24) is 0 Å². The van der Waals surface area contributed by atoms with Gasteiger partial charge in [-0.05, 0) is 29.8 Å². The van der Waals surface area contributed by atoms with Gasteiger partial charge in [0.25, 0.3) is 0 Å². The summed E-state index contributed by atoms with van der Waals surface area (Å²) in [5.41, 5.74) is 0.758. The summed E-state index contributed by atoms with van der Waals surface area (Å²) in [7, 11) is 1.27. The van der Waals surface area contributed by atoms with Crippen molar-refractivity contribution in [1.29, 1.82) is 0 Å². The summed E-state index contributed by atoms with van der Waals surface area (Å²) >= 11 is 0. The second kappa shape index (κ2) is 5.66. The molecule has 0 spiro atoms. The van der Waals surface area contributed by atoms with Gasteiger partial charge in [-0.25, -0.2) is 9.59 Å². The molecule has 6 nitrogen and oxygen atoms in total. The number of hydrogen-bond acceptors (Lipinski definition) is 6. The fourth-order valence-corrected chi connectivity index (χ4v) is 3.20. The van der Waals surface area contributed by atoms with E-state index < -0.39 is 23.6 Å². The maximum Gasteiger partial charge on any atom is 0.348 e. The van der Waals surface area contributed by atoms with Crippen LogP contribution in [0.2, 0.25) is 0 Å². The Morgan fingerprint density at radius 2 is 1.84 bits per heavy atom. The van der Waals surface area contributed by atoms with Crippen LogP contribution in [0.4, 0.5) is 0 Å². The number of para-hydroxylation sites is 1. The first-order valence-corrected chi connectivity index (χ1v) is 7.69. The van der Waals surface area contributed by atoms with Gasteiger partial charge in [0.15, 0.2) is 0 Å². The minimum absolute atomic E-state index is 0.0862. The Hall–Kier alpha value is -3.28. The van der Waals surface area contributed by atoms with E-state index in [4.69, 9.17) is 13.9 Å². The van der Waals surface area contributed by atoms with E-state index >= 15 is 0 Å². The van der Waals surface area contributed by atoms with Gasteiger partial charge in [0, 0.05) is 0 Å². The molecule has 1 aliphatic heterocycles. The summed E-state index contributed by atoms with van der Waals surface area (Å²) in [6, 6.07) is 13.3. The lowest BCUT2D eigenvalue weighted by Crippen LogP contribution is -2.31. The molecule has 25 heavy (non-hydrogen) atoms. The number of carbonyl (C=O) groups excluding carboxylic acids is 1. The number of fused-ring (bicyclic) bond motifs is 3. The molecule has 2 aromatic carbocycles. The molecule has 4 rings (SSSR count). The van der Waals surface area contributed by atoms with Crippen molar-refractivity contribution >= 4 is 16.9 Å². The van der Waals surface area contributed by atoms with Crippen molar-refractivity contribution < 1.29 is 23.8 Å². The molecule has 0 radical (unpaired) electrons. The highest BCUT2D eigenvalue weighted by atomic mass is 16.6. The Morgan fingerprint density at radius 3 is 2.56 bits per heavy atom. The molecule has 0 fully saturated rings. The molecule has 1 aliphatic rings. The van der Waals surface area contributed by atoms with E-state index in [2.05, 4.69) is 0 Å². The standard InChI is InChI=1S/C19H14O6/c1-23-19(22)17-14(10-6-8-11(20)9-7-10)15-16(25-17)12-4-2-3-5-13(12)24-18(15)21/h2-9,14,17,20H,1H3. The summed E-state index contributed by atoms with van der Waals surface area (Å²) in [5, 5.41) is 10.1. The average Bonchev–Trinajstić information content (AvgIpc) is 3.03. The zero-order chi connectivity index (χ0) is 17.6. The molecule has 0 saturated heterocycles. The Kier molecular flexibility index (Phi) is 3.46. The Labute approximate surface area is 142 Å². The molecule has 2 atom stereocenters. The van der Waals surface area contributed by atoms with E-state index in [-0.39, 0.29) is 11.3 Å². The summed E-state index contributed by atoms with van der Waals surface area (Å²) in [6.45, 7) is 0. The van der Waals surface area contributed by atoms with Gasteiger partial charge >= 0.3 is 11.6 Å². The number of aromatic hydroxyl groups is 1. The third-order valence-corrected chi connectivity index (χ3v) is 4.34. The Morgan fingerprint density at radius 1 is 1.12 bits per heavy atom. The van der Waals surface area contributed by atoms with Crippen molar-refractivity contribution in [3.05, 3.63) is 70.1 Å². The number of rotatable bonds is 2. The van der Waals surface area contributed by atoms with Crippen LogP contribution in [0.15, 0.2) is 57.7 Å². The zero-order valence-corrected chi connectivity index (χ0v) is 13.3. The van der Waals surface area contributed by atoms with Gasteiger partial charge in [-0.1, -0.05) is 24.3 Å². The van der Waals surface area contributed by atoms with Crippen LogP contribution in [0.25, 0.3) is 11.0 Å². The third-order valence-electron chi connectivity index (χ3n) is 4.34. The fourth-order valence-electron chi connectivity index (χ4n) is 3.20. The van der Waals surface area contributed by atoms with Crippen LogP contribution in [0, 0.1) is 0 Å². The van der Waals surface area contributed by atoms with Gasteiger partial charge in [-0.3, -0.25) is 0 Å². The quantitative estimate of drug-likeness (QED) is 0.571. The van der Waals surface area contributed by atoms with Crippen LogP contribution >= 0.6 is 0 Å². The van der Waals surface area contributed by atoms with Crippen LogP contribution in [0.3, 0.4) is 0 Å². The van der Waals surface area contributed by atoms with Crippen LogP contribution in [-0.4, -0.2) is 24.3 Å². The van der Waals surface area contributed by atoms with E-state index in [0.29, 0.717) is 22.3 Å². The van der Waals surface area contributed by atoms with Crippen molar-refractivity contribution in [3.63, 3.8) is 0 Å². The molecule has 0 amide bonds. The Balaban J connectivity index is 1.98. The molecule has 126 valence electrons. The maximum absolute atomic E-state index is 12.6. The second-order valence-electron chi connectivity index (χ2n) is 5.76. The van der Waals surface area contributed by atoms with Crippen molar-refractivity contribution in [3.8, 4) is 11.5 Å². The molecule has 0 bridgehead atoms. The molecule has 1 aromatic heterocycles. The van der Waals surface area contributed by atoms with Gasteiger partial charge in [0.2, 0.25) is 6.10 Å². The summed E-state index contributed by atoms with van der Waals surface area (Å²) in [4.78, 5) is 24.8. The number of phenols is 1. The summed E-state index contributed by atoms with van der Waals surface area (Å²) in [5.74, 6) is -0.843. The highest BCUT2D eigenvalue weighted by Crippen LogP contribution is 2.44. The molecule has 0 aliphatic carbocycles. The minimum atomic E-state index is -1.00. The molecule has 2 heterocycles. The van der Waals surface area contributed by atoms with E-state index in [0.717, 1.165) is 0 Å². The van der Waals surface area contributed by atoms with E-state index in [1.807, 2.05) is 0 Å². The highest BCUT2D eigenvalue weighted by Gasteiger charge is 2.44. The smallest absolute Gasteiger partial charge is 0.348 e. The van der Waals surface area contributed by atoms with Gasteiger partial charge in [-0.15, -0.1) is 0 Å². The number of carbonyl (C=O) groups is 1. The maximum atomic E-state index is 12.6. The molecule has 0 saturated carbocycles. The number of benzene rings is 2. The van der Waals surface area contributed by atoms with Crippen molar-refractivity contribution in [2.45, 2.75) is 12.0 Å². The number of methoxy groups -OCH3 is 1. The summed E-state index contributed by atoms with van der Waals surface area (Å²) in [6.07, 6.45) is -1.00. The number of esters is 1. The molecular formula is C19H14O6. The van der Waals surface area contributed by atoms with Crippen molar-refractivity contribution in [2.75, 3.05) is 7.11 Å². The van der Waals surface area contributed by atoms with Crippen molar-refractivity contribution in [2.24, 2.45) is 0 Å². The van der Waals surface area contributed by atoms with Gasteiger partial charge in [-0.2, -0.15) is 0 Å². The van der Waals surface area contributed by atoms with E-state index in [9.17, 15) is 14.7 Å². The molecule has 1 N–H and O–H groups in total. The highest BCUT2D eigenvalue weighted by molar-refractivity contribution is 5.88. The van der Waals surface area contributed by atoms with Gasteiger partial charge < -0.3 is 19.0 Å². The van der Waals surface area contributed by atoms with Crippen LogP contribution in [0.5, 0.6) is 11.5 Å². The number of hydrogen-bond donors (Lipinski definition) is 1. The fraction of sp³-hybridized carbons (Fsp3) is 0.158. The monoisotopic (exact) mass is 338 g/mol. The first kappa shape index (κ1) is 15.3. The largest absolute Gasteiger partial charge is 0.508 e. The predicted octanol–water partition coefficient (Wildman–Crippen LogP) is 2.56. The molecule has 2 unspecified atom stereocenters. The van der Waals surface area contributed by atoms with Crippen LogP contribution in [0.1, 0.15) is 17.0 Å². The number of ether oxygens (including phenoxy) is 2. The minimum Gasteiger partial charge on any atom is -0.508 e. The lowest BCUT2D eigenvalue weighted by atomic mass is 9.88. The summed E-state index contributed by atoms with van der Waals surface area (Å²) < 4.78 is 16.1. The van der Waals surface area contributed by atoms with Crippen LogP contribution in [-0.2, 0) is 9.53 Å². The van der Waals surface area contributed by atoms with E-state index in [1.54, 1.807) is 36.4 Å². The molecular weight excluding hydrogens is 324 g/mol.